The topological polar surface area (TPSA) is 86.3 Å². The van der Waals surface area contributed by atoms with Crippen molar-refractivity contribution in [2.75, 3.05) is 39.3 Å². The van der Waals surface area contributed by atoms with Crippen LogP contribution < -0.4 is 24.3 Å². The summed E-state index contributed by atoms with van der Waals surface area (Å²) in [5.41, 5.74) is 3.67. The first-order valence-corrected chi connectivity index (χ1v) is 12.9. The number of amides is 2. The fourth-order valence-corrected chi connectivity index (χ4v) is 5.48. The van der Waals surface area contributed by atoms with Crippen LogP contribution in [0.15, 0.2) is 54.6 Å². The Hall–Kier alpha value is -4.20. The van der Waals surface area contributed by atoms with Crippen LogP contribution in [0.1, 0.15) is 52.9 Å². The zero-order valence-corrected chi connectivity index (χ0v) is 22.1. The molecule has 2 amide bonds. The lowest BCUT2D eigenvalue weighted by molar-refractivity contribution is -0.119. The Morgan fingerprint density at radius 1 is 0.921 bits per heavy atom. The minimum atomic E-state index is -0.661. The highest BCUT2D eigenvalue weighted by molar-refractivity contribution is 6.05. The molecule has 0 bridgehead atoms. The molecule has 1 N–H and O–H groups in total. The first kappa shape index (κ1) is 25.4. The number of anilines is 1. The molecule has 2 aliphatic heterocycles. The van der Waals surface area contributed by atoms with Gasteiger partial charge < -0.3 is 29.2 Å². The van der Waals surface area contributed by atoms with E-state index in [2.05, 4.69) is 5.32 Å². The first-order valence-electron chi connectivity index (χ1n) is 12.9. The second kappa shape index (κ2) is 10.7. The van der Waals surface area contributed by atoms with Crippen LogP contribution >= 0.6 is 0 Å². The molecule has 8 heteroatoms. The number of hydrogen-bond acceptors (Lipinski definition) is 6. The van der Waals surface area contributed by atoms with Crippen LogP contribution in [0.2, 0.25) is 0 Å². The molecule has 0 radical (unpaired) electrons. The number of nitrogens with zero attached hydrogens (tertiary/aromatic N) is 1. The molecular weight excluding hydrogens is 484 g/mol. The summed E-state index contributed by atoms with van der Waals surface area (Å²) in [5.74, 6) is 1.40. The van der Waals surface area contributed by atoms with Crippen LogP contribution in [0.5, 0.6) is 23.0 Å². The monoisotopic (exact) mass is 516 g/mol. The van der Waals surface area contributed by atoms with Crippen molar-refractivity contribution in [3.05, 3.63) is 76.9 Å². The summed E-state index contributed by atoms with van der Waals surface area (Å²) in [6.07, 6.45) is 0.657. The number of carbonyl (C=O) groups excluding carboxylic acids is 2. The molecule has 0 aliphatic carbocycles. The van der Waals surface area contributed by atoms with Crippen molar-refractivity contribution in [1.29, 1.82) is 0 Å². The third-order valence-corrected chi connectivity index (χ3v) is 7.13. The van der Waals surface area contributed by atoms with E-state index in [0.29, 0.717) is 66.0 Å². The molecule has 3 aromatic carbocycles. The summed E-state index contributed by atoms with van der Waals surface area (Å²) in [6, 6.07) is 16.0. The van der Waals surface area contributed by atoms with Crippen molar-refractivity contribution in [2.24, 2.45) is 0 Å². The Bertz CT molecular complexity index is 1370. The lowest BCUT2D eigenvalue weighted by Crippen LogP contribution is -2.49. The number of nitrogens with one attached hydrogen (secondary N) is 1. The predicted octanol–water partition coefficient (Wildman–Crippen LogP) is 4.98. The normalized spacial score (nSPS) is 17.6. The van der Waals surface area contributed by atoms with Crippen LogP contribution in [0.4, 0.5) is 5.69 Å². The molecule has 5 rings (SSSR count). The standard InChI is InChI=1S/C30H32N2O6/c1-5-37-25-15-18-13-14-32-28(22(18)17-26(25)38-6-2)27(20-9-7-8-10-21(20)30(32)34)29(33)31-23-16-19(35-3)11-12-24(23)36-4/h7-12,15-17,27-28H,5-6,13-14H2,1-4H3,(H,31,33)/t27-,28+/m0/s1. The Balaban J connectivity index is 1.64. The average molecular weight is 517 g/mol. The molecule has 0 aromatic heterocycles. The molecule has 3 aromatic rings. The Labute approximate surface area is 222 Å². The van der Waals surface area contributed by atoms with E-state index in [4.69, 9.17) is 18.9 Å². The fourth-order valence-electron chi connectivity index (χ4n) is 5.48. The second-order valence-electron chi connectivity index (χ2n) is 9.18. The molecule has 38 heavy (non-hydrogen) atoms. The lowest BCUT2D eigenvalue weighted by atomic mass is 9.75. The smallest absolute Gasteiger partial charge is 0.254 e. The number of ether oxygens (including phenoxy) is 4. The van der Waals surface area contributed by atoms with Gasteiger partial charge >= 0.3 is 0 Å². The average Bonchev–Trinajstić information content (AvgIpc) is 2.93. The molecule has 0 spiro atoms. The Kier molecular flexibility index (Phi) is 7.13. The van der Waals surface area contributed by atoms with Crippen molar-refractivity contribution in [3.63, 3.8) is 0 Å². The Morgan fingerprint density at radius 3 is 2.37 bits per heavy atom. The summed E-state index contributed by atoms with van der Waals surface area (Å²) < 4.78 is 22.6. The summed E-state index contributed by atoms with van der Waals surface area (Å²) in [7, 11) is 3.12. The van der Waals surface area contributed by atoms with E-state index < -0.39 is 12.0 Å². The maximum atomic E-state index is 14.1. The zero-order chi connectivity index (χ0) is 26.8. The summed E-state index contributed by atoms with van der Waals surface area (Å²) >= 11 is 0. The highest BCUT2D eigenvalue weighted by Crippen LogP contribution is 2.49. The Morgan fingerprint density at radius 2 is 1.66 bits per heavy atom. The van der Waals surface area contributed by atoms with Gasteiger partial charge in [0.05, 0.1) is 45.1 Å². The van der Waals surface area contributed by atoms with E-state index in [-0.39, 0.29) is 11.8 Å². The van der Waals surface area contributed by atoms with Crippen molar-refractivity contribution < 1.29 is 28.5 Å². The van der Waals surface area contributed by atoms with Gasteiger partial charge in [0, 0.05) is 18.2 Å². The number of methoxy groups -OCH3 is 2. The minimum absolute atomic E-state index is 0.0777. The van der Waals surface area contributed by atoms with Gasteiger partial charge in [0.2, 0.25) is 5.91 Å². The van der Waals surface area contributed by atoms with E-state index in [1.165, 1.54) is 0 Å². The number of carbonyl (C=O) groups is 2. The summed E-state index contributed by atoms with van der Waals surface area (Å²) in [6.45, 7) is 5.32. The highest BCUT2D eigenvalue weighted by atomic mass is 16.5. The molecule has 8 nitrogen and oxygen atoms in total. The third kappa shape index (κ3) is 4.40. The summed E-state index contributed by atoms with van der Waals surface area (Å²) in [4.78, 5) is 29.6. The molecule has 2 atom stereocenters. The number of fused-ring (bicyclic) bond motifs is 4. The minimum Gasteiger partial charge on any atom is -0.497 e. The molecule has 0 fully saturated rings. The van der Waals surface area contributed by atoms with Gasteiger partial charge in [0.15, 0.2) is 11.5 Å². The predicted molar refractivity (Wildman–Crippen MR) is 144 cm³/mol. The van der Waals surface area contributed by atoms with Crippen LogP contribution in [0.3, 0.4) is 0 Å². The van der Waals surface area contributed by atoms with E-state index in [0.717, 1.165) is 11.1 Å². The SMILES string of the molecule is CCOc1cc2c(cc1OCC)[C@@H]1[C@@H](C(=O)Nc3cc(OC)ccc3OC)c3ccccc3C(=O)N1CC2. The van der Waals surface area contributed by atoms with Crippen LogP contribution in [-0.4, -0.2) is 50.7 Å². The van der Waals surface area contributed by atoms with Gasteiger partial charge in [-0.05, 0) is 67.3 Å². The van der Waals surface area contributed by atoms with Crippen molar-refractivity contribution in [3.8, 4) is 23.0 Å². The third-order valence-electron chi connectivity index (χ3n) is 7.13. The second-order valence-corrected chi connectivity index (χ2v) is 9.18. The largest absolute Gasteiger partial charge is 0.497 e. The van der Waals surface area contributed by atoms with Gasteiger partial charge in [-0.1, -0.05) is 18.2 Å². The molecule has 198 valence electrons. The number of benzene rings is 3. The molecular formula is C30H32N2O6. The quantitative estimate of drug-likeness (QED) is 0.455. The van der Waals surface area contributed by atoms with E-state index >= 15 is 0 Å². The maximum absolute atomic E-state index is 14.1. The number of hydrogen-bond donors (Lipinski definition) is 1. The summed E-state index contributed by atoms with van der Waals surface area (Å²) in [5, 5.41) is 3.06. The van der Waals surface area contributed by atoms with Crippen LogP contribution in [0.25, 0.3) is 0 Å². The molecule has 2 heterocycles. The number of rotatable bonds is 8. The van der Waals surface area contributed by atoms with E-state index in [1.807, 2.05) is 49.1 Å². The van der Waals surface area contributed by atoms with Gasteiger partial charge in [-0.25, -0.2) is 0 Å². The van der Waals surface area contributed by atoms with E-state index in [1.54, 1.807) is 38.5 Å². The maximum Gasteiger partial charge on any atom is 0.254 e. The first-order chi connectivity index (χ1) is 18.5. The van der Waals surface area contributed by atoms with Crippen molar-refractivity contribution >= 4 is 17.5 Å². The van der Waals surface area contributed by atoms with Crippen molar-refractivity contribution in [1.82, 2.24) is 4.90 Å². The van der Waals surface area contributed by atoms with Gasteiger partial charge in [-0.3, -0.25) is 9.59 Å². The van der Waals surface area contributed by atoms with Gasteiger partial charge in [0.1, 0.15) is 11.5 Å². The lowest BCUT2D eigenvalue weighted by Gasteiger charge is -2.45. The molecule has 0 unspecified atom stereocenters. The zero-order valence-electron chi connectivity index (χ0n) is 22.1. The fraction of sp³-hybridized carbons (Fsp3) is 0.333. The highest BCUT2D eigenvalue weighted by Gasteiger charge is 2.46. The van der Waals surface area contributed by atoms with Gasteiger partial charge in [0.25, 0.3) is 5.91 Å². The van der Waals surface area contributed by atoms with Gasteiger partial charge in [-0.2, -0.15) is 0 Å². The van der Waals surface area contributed by atoms with Crippen molar-refractivity contribution in [2.45, 2.75) is 32.2 Å². The molecule has 2 aliphatic rings. The van der Waals surface area contributed by atoms with Crippen LogP contribution in [0, 0.1) is 0 Å². The van der Waals surface area contributed by atoms with Gasteiger partial charge in [-0.15, -0.1) is 0 Å². The van der Waals surface area contributed by atoms with E-state index in [9.17, 15) is 9.59 Å². The molecule has 0 saturated heterocycles. The van der Waals surface area contributed by atoms with Crippen LogP contribution in [-0.2, 0) is 11.2 Å². The molecule has 0 saturated carbocycles.